The highest BCUT2D eigenvalue weighted by molar-refractivity contribution is 5.88. The monoisotopic (exact) mass is 372 g/mol. The molecule has 1 saturated heterocycles. The summed E-state index contributed by atoms with van der Waals surface area (Å²) in [5, 5.41) is 6.01. The van der Waals surface area contributed by atoms with Gasteiger partial charge in [0.05, 0.1) is 18.7 Å². The molecule has 2 heterocycles. The molecule has 0 saturated carbocycles. The second-order valence-corrected chi connectivity index (χ2v) is 6.09. The molecule has 2 amide bonds. The van der Waals surface area contributed by atoms with Gasteiger partial charge in [-0.3, -0.25) is 5.32 Å². The molecule has 1 aromatic heterocycles. The molecular formula is C13H17F5N4O3. The first kappa shape index (κ1) is 19.2. The number of aryl methyl sites for hydroxylation is 1. The number of nitrogens with one attached hydrogen (secondary N) is 1. The lowest BCUT2D eigenvalue weighted by atomic mass is 10.1. The number of morpholine rings is 1. The van der Waals surface area contributed by atoms with Crippen LogP contribution in [0.2, 0.25) is 0 Å². The van der Waals surface area contributed by atoms with Crippen molar-refractivity contribution >= 4 is 11.8 Å². The van der Waals surface area contributed by atoms with Crippen molar-refractivity contribution in [1.29, 1.82) is 0 Å². The van der Waals surface area contributed by atoms with Gasteiger partial charge in [-0.2, -0.15) is 27.1 Å². The zero-order chi connectivity index (χ0) is 19.0. The number of carbonyl (C=O) groups excluding carboxylic acids is 1. The molecular weight excluding hydrogens is 355 g/mol. The molecule has 1 atom stereocenters. The highest BCUT2D eigenvalue weighted by Gasteiger charge is 2.49. The molecule has 0 aliphatic carbocycles. The van der Waals surface area contributed by atoms with Crippen molar-refractivity contribution in [3.8, 4) is 5.88 Å². The lowest BCUT2D eigenvalue weighted by molar-refractivity contribution is -0.267. The molecule has 1 N–H and O–H groups in total. The van der Waals surface area contributed by atoms with Crippen molar-refractivity contribution in [2.45, 2.75) is 38.3 Å². The predicted molar refractivity (Wildman–Crippen MR) is 75.4 cm³/mol. The largest absolute Gasteiger partial charge is 0.417 e. The molecule has 1 aromatic rings. The van der Waals surface area contributed by atoms with Crippen molar-refractivity contribution in [2.75, 3.05) is 18.4 Å². The van der Waals surface area contributed by atoms with Gasteiger partial charge in [-0.1, -0.05) is 0 Å². The van der Waals surface area contributed by atoms with Gasteiger partial charge in [0.25, 0.3) is 0 Å². The summed E-state index contributed by atoms with van der Waals surface area (Å²) in [6.45, 7) is -0.988. The van der Waals surface area contributed by atoms with Gasteiger partial charge in [0, 0.05) is 13.1 Å². The quantitative estimate of drug-likeness (QED) is 0.829. The average Bonchev–Trinajstić information content (AvgIpc) is 2.75. The average molecular weight is 372 g/mol. The van der Waals surface area contributed by atoms with Crippen LogP contribution in [0.15, 0.2) is 6.07 Å². The summed E-state index contributed by atoms with van der Waals surface area (Å²) >= 11 is 0. The van der Waals surface area contributed by atoms with E-state index in [9.17, 15) is 26.7 Å². The first-order valence-electron chi connectivity index (χ1n) is 7.17. The minimum absolute atomic E-state index is 0.0847. The molecule has 0 radical (unpaired) electrons. The second-order valence-electron chi connectivity index (χ2n) is 6.09. The predicted octanol–water partition coefficient (Wildman–Crippen LogP) is 2.60. The number of nitrogens with zero attached hydrogens (tertiary/aromatic N) is 3. The number of halogens is 5. The van der Waals surface area contributed by atoms with Gasteiger partial charge in [-0.15, -0.1) is 0 Å². The van der Waals surface area contributed by atoms with E-state index in [0.717, 1.165) is 15.6 Å². The Bertz CT molecular complexity index is 632. The Labute approximate surface area is 139 Å². The maximum atomic E-state index is 12.9. The van der Waals surface area contributed by atoms with E-state index in [2.05, 4.69) is 15.2 Å². The van der Waals surface area contributed by atoms with Crippen LogP contribution in [0.25, 0.3) is 0 Å². The van der Waals surface area contributed by atoms with Crippen LogP contribution in [-0.4, -0.2) is 58.3 Å². The highest BCUT2D eigenvalue weighted by Crippen LogP contribution is 2.32. The molecule has 25 heavy (non-hydrogen) atoms. The summed E-state index contributed by atoms with van der Waals surface area (Å²) < 4.78 is 73.4. The number of anilines is 1. The van der Waals surface area contributed by atoms with E-state index < -0.39 is 37.1 Å². The summed E-state index contributed by atoms with van der Waals surface area (Å²) in [5.74, 6) is -0.434. The van der Waals surface area contributed by atoms with Gasteiger partial charge >= 0.3 is 18.8 Å². The van der Waals surface area contributed by atoms with Crippen molar-refractivity contribution < 1.29 is 36.2 Å². The lowest BCUT2D eigenvalue weighted by Crippen LogP contribution is -2.59. The van der Waals surface area contributed by atoms with Crippen LogP contribution in [0.4, 0.5) is 32.6 Å². The highest BCUT2D eigenvalue weighted by atomic mass is 19.4. The lowest BCUT2D eigenvalue weighted by Gasteiger charge is -2.42. The van der Waals surface area contributed by atoms with Crippen molar-refractivity contribution in [1.82, 2.24) is 14.7 Å². The minimum atomic E-state index is -4.63. The van der Waals surface area contributed by atoms with Crippen LogP contribution in [0.1, 0.15) is 13.8 Å². The Morgan fingerprint density at radius 3 is 2.68 bits per heavy atom. The van der Waals surface area contributed by atoms with Crippen LogP contribution in [-0.2, 0) is 11.8 Å². The third-order valence-electron chi connectivity index (χ3n) is 3.35. The number of hydrogen-bond acceptors (Lipinski definition) is 4. The number of amides is 2. The fourth-order valence-corrected chi connectivity index (χ4v) is 2.41. The summed E-state index contributed by atoms with van der Waals surface area (Å²) in [7, 11) is 1.31. The van der Waals surface area contributed by atoms with Gasteiger partial charge in [0.2, 0.25) is 5.88 Å². The molecule has 1 aliphatic heterocycles. The van der Waals surface area contributed by atoms with Gasteiger partial charge in [-0.05, 0) is 13.8 Å². The molecule has 0 bridgehead atoms. The Balaban J connectivity index is 2.09. The van der Waals surface area contributed by atoms with Gasteiger partial charge in [-0.25, -0.2) is 9.48 Å². The number of rotatable bonds is 3. The fourth-order valence-electron chi connectivity index (χ4n) is 2.41. The fraction of sp³-hybridized carbons (Fsp3) is 0.692. The molecule has 0 aromatic carbocycles. The topological polar surface area (TPSA) is 68.6 Å². The smallest absolute Gasteiger partial charge is 0.416 e. The number of alkyl halides is 5. The Morgan fingerprint density at radius 2 is 2.12 bits per heavy atom. The zero-order valence-electron chi connectivity index (χ0n) is 13.6. The van der Waals surface area contributed by atoms with Gasteiger partial charge in [0.15, 0.2) is 11.9 Å². The number of carbonyl (C=O) groups is 1. The van der Waals surface area contributed by atoms with Crippen LogP contribution in [0.5, 0.6) is 5.88 Å². The molecule has 1 unspecified atom stereocenters. The summed E-state index contributed by atoms with van der Waals surface area (Å²) in [6, 6.07) is 0.184. The number of hydrogen-bond donors (Lipinski definition) is 1. The van der Waals surface area contributed by atoms with Crippen LogP contribution >= 0.6 is 0 Å². The second kappa shape index (κ2) is 6.65. The molecule has 0 spiro atoms. The van der Waals surface area contributed by atoms with Crippen LogP contribution < -0.4 is 10.1 Å². The summed E-state index contributed by atoms with van der Waals surface area (Å²) in [4.78, 5) is 13.2. The first-order chi connectivity index (χ1) is 11.4. The van der Waals surface area contributed by atoms with E-state index >= 15 is 0 Å². The number of aromatic nitrogens is 2. The van der Waals surface area contributed by atoms with E-state index in [1.54, 1.807) is 0 Å². The molecule has 142 valence electrons. The molecule has 2 rings (SSSR count). The number of urea groups is 1. The van der Waals surface area contributed by atoms with Crippen molar-refractivity contribution in [3.05, 3.63) is 6.07 Å². The molecule has 12 heteroatoms. The zero-order valence-corrected chi connectivity index (χ0v) is 13.6. The first-order valence-corrected chi connectivity index (χ1v) is 7.17. The third-order valence-corrected chi connectivity index (χ3v) is 3.35. The van der Waals surface area contributed by atoms with E-state index in [4.69, 9.17) is 4.74 Å². The van der Waals surface area contributed by atoms with Crippen molar-refractivity contribution in [3.63, 3.8) is 0 Å². The standard InChI is InChI=1S/C13H17F5N4O3/c1-12(2)6-22(5-7(25-12)13(16,17)18)11(23)19-8-4-9(21(3)20-8)24-10(14)15/h4,7,10H,5-6H2,1-3H3,(H,19,20,23). The van der Waals surface area contributed by atoms with Crippen LogP contribution in [0, 0.1) is 0 Å². The van der Waals surface area contributed by atoms with Gasteiger partial charge < -0.3 is 14.4 Å². The van der Waals surface area contributed by atoms with Crippen molar-refractivity contribution in [2.24, 2.45) is 7.05 Å². The molecule has 1 aliphatic rings. The van der Waals surface area contributed by atoms with E-state index in [1.165, 1.54) is 20.9 Å². The number of ether oxygens (including phenoxy) is 2. The molecule has 1 fully saturated rings. The van der Waals surface area contributed by atoms with E-state index in [0.29, 0.717) is 0 Å². The normalized spacial score (nSPS) is 20.7. The van der Waals surface area contributed by atoms with Crippen LogP contribution in [0.3, 0.4) is 0 Å². The SMILES string of the molecule is Cn1nc(NC(=O)N2CC(C(F)(F)F)OC(C)(C)C2)cc1OC(F)F. The van der Waals surface area contributed by atoms with Gasteiger partial charge in [0.1, 0.15) is 0 Å². The minimum Gasteiger partial charge on any atom is -0.417 e. The van der Waals surface area contributed by atoms with E-state index in [1.807, 2.05) is 0 Å². The summed E-state index contributed by atoms with van der Waals surface area (Å²) in [6.07, 6.45) is -6.75. The maximum absolute atomic E-state index is 12.9. The Morgan fingerprint density at radius 1 is 1.48 bits per heavy atom. The van der Waals surface area contributed by atoms with E-state index in [-0.39, 0.29) is 18.2 Å². The Hall–Kier alpha value is -2.11. The summed E-state index contributed by atoms with van der Waals surface area (Å²) in [5.41, 5.74) is -1.20. The third kappa shape index (κ3) is 4.94. The Kier molecular flexibility index (Phi) is 5.11. The maximum Gasteiger partial charge on any atom is 0.416 e. The molecule has 7 nitrogen and oxygen atoms in total.